The molecule has 0 bridgehead atoms. The molecule has 2 unspecified atom stereocenters. The molecule has 4 nitrogen and oxygen atoms in total. The van der Waals surface area contributed by atoms with E-state index in [1.807, 2.05) is 20.8 Å². The van der Waals surface area contributed by atoms with Crippen LogP contribution in [-0.2, 0) is 10.8 Å². The summed E-state index contributed by atoms with van der Waals surface area (Å²) >= 11 is 0. The summed E-state index contributed by atoms with van der Waals surface area (Å²) < 4.78 is 11.9. The molecule has 0 amide bonds. The first-order valence-electron chi connectivity index (χ1n) is 7.76. The predicted molar refractivity (Wildman–Crippen MR) is 104 cm³/mol. The van der Waals surface area contributed by atoms with Crippen LogP contribution in [0.15, 0.2) is 4.99 Å². The largest absolute Gasteiger partial charge is 0.357 e. The molecule has 0 aromatic heterocycles. The minimum absolute atomic E-state index is 0. The lowest BCUT2D eigenvalue weighted by atomic mass is 10.0. The molecule has 1 saturated heterocycles. The van der Waals surface area contributed by atoms with E-state index in [2.05, 4.69) is 29.1 Å². The smallest absolute Gasteiger partial charge is 0.193 e. The van der Waals surface area contributed by atoms with Crippen LogP contribution in [0.1, 0.15) is 47.5 Å². The van der Waals surface area contributed by atoms with Gasteiger partial charge in [0.2, 0.25) is 0 Å². The number of nitrogens with one attached hydrogen (secondary N) is 1. The van der Waals surface area contributed by atoms with Gasteiger partial charge in [-0.2, -0.15) is 0 Å². The molecule has 1 fully saturated rings. The normalized spacial score (nSPS) is 21.7. The van der Waals surface area contributed by atoms with Gasteiger partial charge in [0.05, 0.1) is 6.54 Å². The zero-order valence-electron chi connectivity index (χ0n) is 14.1. The quantitative estimate of drug-likeness (QED) is 0.425. The van der Waals surface area contributed by atoms with Crippen molar-refractivity contribution in [2.24, 2.45) is 10.9 Å². The van der Waals surface area contributed by atoms with Crippen molar-refractivity contribution >= 4 is 40.7 Å². The highest BCUT2D eigenvalue weighted by molar-refractivity contribution is 14.0. The van der Waals surface area contributed by atoms with Crippen molar-refractivity contribution in [3.05, 3.63) is 0 Å². The second-order valence-electron chi connectivity index (χ2n) is 6.59. The number of guanidine groups is 1. The lowest BCUT2D eigenvalue weighted by Crippen LogP contribution is -2.46. The van der Waals surface area contributed by atoms with Crippen LogP contribution in [-0.4, -0.2) is 51.7 Å². The number of likely N-dealkylation sites (tertiary alicyclic amines) is 1. The van der Waals surface area contributed by atoms with Crippen LogP contribution >= 0.6 is 24.0 Å². The Hall–Kier alpha value is 0.150. The molecule has 1 rings (SSSR count). The summed E-state index contributed by atoms with van der Waals surface area (Å²) in [6.45, 7) is 14.1. The number of nitrogens with zero attached hydrogens (tertiary/aromatic N) is 2. The Morgan fingerprint density at radius 3 is 2.62 bits per heavy atom. The van der Waals surface area contributed by atoms with Gasteiger partial charge >= 0.3 is 0 Å². The number of hydrogen-bond acceptors (Lipinski definition) is 2. The highest BCUT2D eigenvalue weighted by atomic mass is 127. The molecule has 0 spiro atoms. The lowest BCUT2D eigenvalue weighted by molar-refractivity contribution is 0.266. The van der Waals surface area contributed by atoms with Crippen molar-refractivity contribution in [2.75, 3.05) is 31.9 Å². The number of piperidine rings is 1. The van der Waals surface area contributed by atoms with Gasteiger partial charge in [0.1, 0.15) is 0 Å². The van der Waals surface area contributed by atoms with Crippen LogP contribution in [0.25, 0.3) is 0 Å². The van der Waals surface area contributed by atoms with Crippen LogP contribution in [0.2, 0.25) is 0 Å². The van der Waals surface area contributed by atoms with Crippen LogP contribution in [0.3, 0.4) is 0 Å². The van der Waals surface area contributed by atoms with Crippen LogP contribution in [0.5, 0.6) is 0 Å². The van der Waals surface area contributed by atoms with E-state index in [1.165, 1.54) is 12.8 Å². The van der Waals surface area contributed by atoms with E-state index >= 15 is 0 Å². The minimum atomic E-state index is -0.823. The van der Waals surface area contributed by atoms with E-state index in [0.29, 0.717) is 12.3 Å². The molecule has 126 valence electrons. The van der Waals surface area contributed by atoms with Gasteiger partial charge in [0.25, 0.3) is 0 Å². The van der Waals surface area contributed by atoms with Gasteiger partial charge in [-0.1, -0.05) is 6.92 Å². The van der Waals surface area contributed by atoms with Gasteiger partial charge in [0.15, 0.2) is 5.96 Å². The molecule has 6 heteroatoms. The molecule has 1 heterocycles. The second-order valence-corrected chi connectivity index (χ2v) is 8.92. The Bertz CT molecular complexity index is 355. The summed E-state index contributed by atoms with van der Waals surface area (Å²) in [5.74, 6) is 2.36. The van der Waals surface area contributed by atoms with E-state index in [9.17, 15) is 4.21 Å². The third-order valence-corrected chi connectivity index (χ3v) is 5.43. The van der Waals surface area contributed by atoms with E-state index in [0.717, 1.165) is 31.5 Å². The topological polar surface area (TPSA) is 44.7 Å². The Kier molecular flexibility index (Phi) is 10.1. The SMILES string of the molecule is CCNC(=NCCS(=O)C(C)(C)C)N1CCCC(C)C1.I. The average Bonchev–Trinajstić information content (AvgIpc) is 2.36. The Balaban J connectivity index is 0.00000400. The molecular weight excluding hydrogens is 397 g/mol. The monoisotopic (exact) mass is 429 g/mol. The molecule has 1 aliphatic rings. The molecule has 1 N–H and O–H groups in total. The highest BCUT2D eigenvalue weighted by Gasteiger charge is 2.20. The molecular formula is C15H32IN3OS. The molecule has 0 aromatic carbocycles. The van der Waals surface area contributed by atoms with Gasteiger partial charge in [-0.25, -0.2) is 0 Å². The molecule has 0 radical (unpaired) electrons. The molecule has 2 atom stereocenters. The Morgan fingerprint density at radius 2 is 2.10 bits per heavy atom. The van der Waals surface area contributed by atoms with Crippen LogP contribution < -0.4 is 5.32 Å². The van der Waals surface area contributed by atoms with Gasteiger partial charge in [0, 0.05) is 40.9 Å². The summed E-state index contributed by atoms with van der Waals surface area (Å²) in [4.78, 5) is 7.01. The predicted octanol–water partition coefficient (Wildman–Crippen LogP) is 2.85. The standard InChI is InChI=1S/C15H31N3OS.HI/c1-6-16-14(18-10-7-8-13(2)12-18)17-9-11-20(19)15(3,4)5;/h13H,6-12H2,1-5H3,(H,16,17);1H. The Labute approximate surface area is 150 Å². The molecule has 0 saturated carbocycles. The van der Waals surface area contributed by atoms with E-state index in [-0.39, 0.29) is 28.7 Å². The van der Waals surface area contributed by atoms with E-state index in [1.54, 1.807) is 0 Å². The van der Waals surface area contributed by atoms with Crippen molar-refractivity contribution in [2.45, 2.75) is 52.2 Å². The second kappa shape index (κ2) is 10.0. The molecule has 1 aliphatic heterocycles. The number of rotatable bonds is 4. The first-order valence-corrected chi connectivity index (χ1v) is 9.08. The van der Waals surface area contributed by atoms with Gasteiger partial charge in [-0.05, 0) is 46.5 Å². The molecule has 21 heavy (non-hydrogen) atoms. The summed E-state index contributed by atoms with van der Waals surface area (Å²) in [6, 6.07) is 0. The van der Waals surface area contributed by atoms with Gasteiger partial charge < -0.3 is 10.2 Å². The zero-order chi connectivity index (χ0) is 15.2. The average molecular weight is 429 g/mol. The molecule has 0 aliphatic carbocycles. The zero-order valence-corrected chi connectivity index (χ0v) is 17.3. The summed E-state index contributed by atoms with van der Waals surface area (Å²) in [5.41, 5.74) is 0. The maximum Gasteiger partial charge on any atom is 0.193 e. The van der Waals surface area contributed by atoms with Gasteiger partial charge in [-0.3, -0.25) is 9.20 Å². The highest BCUT2D eigenvalue weighted by Crippen LogP contribution is 2.15. The van der Waals surface area contributed by atoms with Crippen molar-refractivity contribution < 1.29 is 4.21 Å². The fraction of sp³-hybridized carbons (Fsp3) is 0.933. The maximum absolute atomic E-state index is 12.0. The summed E-state index contributed by atoms with van der Waals surface area (Å²) in [6.07, 6.45) is 2.55. The van der Waals surface area contributed by atoms with Crippen molar-refractivity contribution in [3.8, 4) is 0 Å². The Morgan fingerprint density at radius 1 is 1.43 bits per heavy atom. The summed E-state index contributed by atoms with van der Waals surface area (Å²) in [7, 11) is -0.823. The fourth-order valence-corrected chi connectivity index (χ4v) is 3.22. The lowest BCUT2D eigenvalue weighted by Gasteiger charge is -2.33. The molecule has 0 aromatic rings. The first kappa shape index (κ1) is 21.1. The van der Waals surface area contributed by atoms with Crippen molar-refractivity contribution in [1.82, 2.24) is 10.2 Å². The fourth-order valence-electron chi connectivity index (χ4n) is 2.35. The van der Waals surface area contributed by atoms with Crippen LogP contribution in [0, 0.1) is 5.92 Å². The minimum Gasteiger partial charge on any atom is -0.357 e. The number of halogens is 1. The number of hydrogen-bond donors (Lipinski definition) is 1. The van der Waals surface area contributed by atoms with Crippen molar-refractivity contribution in [3.63, 3.8) is 0 Å². The first-order chi connectivity index (χ1) is 9.34. The maximum atomic E-state index is 12.0. The van der Waals surface area contributed by atoms with Crippen molar-refractivity contribution in [1.29, 1.82) is 0 Å². The third-order valence-electron chi connectivity index (χ3n) is 3.51. The third kappa shape index (κ3) is 7.81. The van der Waals surface area contributed by atoms with Crippen LogP contribution in [0.4, 0.5) is 0 Å². The van der Waals surface area contributed by atoms with E-state index in [4.69, 9.17) is 0 Å². The van der Waals surface area contributed by atoms with E-state index < -0.39 is 10.8 Å². The number of aliphatic imine (C=N–C) groups is 1. The summed E-state index contributed by atoms with van der Waals surface area (Å²) in [5, 5.41) is 3.36. The van der Waals surface area contributed by atoms with Gasteiger partial charge in [-0.15, -0.1) is 24.0 Å².